The van der Waals surface area contributed by atoms with Gasteiger partial charge in [0.15, 0.2) is 30.2 Å². The Morgan fingerprint density at radius 2 is 1.70 bits per heavy atom. The highest BCUT2D eigenvalue weighted by Crippen LogP contribution is 2.52. The Balaban J connectivity index is 0.00000541. The maximum absolute atomic E-state index is 13.9. The first-order chi connectivity index (χ1) is 24.7. The molecule has 16 heteroatoms. The molecule has 0 amide bonds. The number of phenolic OH excluding ortho intramolecular Hbond substituents is 3. The van der Waals surface area contributed by atoms with Crippen LogP contribution in [0.3, 0.4) is 0 Å². The number of aliphatic hydroxyl groups excluding tert-OH is 1. The van der Waals surface area contributed by atoms with Crippen LogP contribution in [0, 0.1) is 0 Å². The van der Waals surface area contributed by atoms with E-state index in [1.54, 1.807) is 6.92 Å². The molecule has 3 aliphatic rings. The number of ether oxygens (including phenoxy) is 5. The van der Waals surface area contributed by atoms with Crippen LogP contribution < -0.4 is 15.2 Å². The van der Waals surface area contributed by atoms with Crippen molar-refractivity contribution >= 4 is 41.8 Å². The van der Waals surface area contributed by atoms with E-state index in [-0.39, 0.29) is 58.3 Å². The second kappa shape index (κ2) is 15.1. The van der Waals surface area contributed by atoms with Crippen molar-refractivity contribution in [2.24, 2.45) is 5.73 Å². The van der Waals surface area contributed by atoms with Gasteiger partial charge in [0.05, 0.1) is 49.2 Å². The number of carbonyl (C=O) groups excluding carboxylic acids is 4. The molecule has 3 aromatic rings. The lowest BCUT2D eigenvalue weighted by atomic mass is 9.72. The van der Waals surface area contributed by atoms with Gasteiger partial charge in [-0.2, -0.15) is 0 Å². The predicted molar refractivity (Wildman–Crippen MR) is 187 cm³/mol. The summed E-state index contributed by atoms with van der Waals surface area (Å²) in [5.74, 6) is -4.93. The van der Waals surface area contributed by atoms with Gasteiger partial charge in [0.1, 0.15) is 22.8 Å². The molecule has 1 unspecified atom stereocenters. The molecule has 7 N–H and O–H groups in total. The van der Waals surface area contributed by atoms with Crippen LogP contribution >= 0.6 is 12.4 Å². The van der Waals surface area contributed by atoms with E-state index in [9.17, 15) is 44.7 Å². The predicted octanol–water partition coefficient (Wildman–Crippen LogP) is 2.40. The lowest BCUT2D eigenvalue weighted by Crippen LogP contribution is -2.53. The van der Waals surface area contributed by atoms with Gasteiger partial charge in [-0.15, -0.1) is 12.4 Å². The van der Waals surface area contributed by atoms with Gasteiger partial charge < -0.3 is 55.0 Å². The molecular weight excluding hydrogens is 718 g/mol. The van der Waals surface area contributed by atoms with Gasteiger partial charge in [-0.25, -0.2) is 4.79 Å². The summed E-state index contributed by atoms with van der Waals surface area (Å²) < 4.78 is 27.4. The molecule has 6 atom stereocenters. The molecule has 53 heavy (non-hydrogen) atoms. The molecule has 15 nitrogen and oxygen atoms in total. The van der Waals surface area contributed by atoms with Crippen LogP contribution in [0.1, 0.15) is 74.4 Å². The molecule has 0 aromatic heterocycles. The molecule has 1 fully saturated rings. The summed E-state index contributed by atoms with van der Waals surface area (Å²) in [6, 6.07) is 7.85. The van der Waals surface area contributed by atoms with E-state index in [0.29, 0.717) is 5.56 Å². The number of nitrogens with two attached hydrogens (primary N) is 1. The fraction of sp³-hybridized carbons (Fsp3) is 0.351. The molecular formula is C37H38ClNO14. The number of benzene rings is 3. The molecule has 0 spiro atoms. The minimum absolute atomic E-state index is 0. The zero-order chi connectivity index (χ0) is 37.6. The van der Waals surface area contributed by atoms with Crippen molar-refractivity contribution in [2.45, 2.75) is 62.4 Å². The Hall–Kier alpha value is -5.03. The van der Waals surface area contributed by atoms with Crippen LogP contribution in [0.2, 0.25) is 0 Å². The summed E-state index contributed by atoms with van der Waals surface area (Å²) in [4.78, 5) is 53.9. The number of ketones is 3. The van der Waals surface area contributed by atoms with Gasteiger partial charge in [0.25, 0.3) is 0 Å². The van der Waals surface area contributed by atoms with Crippen LogP contribution in [0.15, 0.2) is 42.5 Å². The maximum Gasteiger partial charge on any atom is 0.331 e. The summed E-state index contributed by atoms with van der Waals surface area (Å²) in [5, 5.41) is 55.3. The summed E-state index contributed by atoms with van der Waals surface area (Å²) >= 11 is 0. The SMILES string of the molecule is COc1cc(/C=C/C(=O)OCC(=O)[C@]2(O)Cc3c(O)c4c(c(O)c3C(O[C@H]3C[C@H](N)[C@H](O)[C@H](C)O3)C2)C(=O)c2c(OC)cccc2C4=O)ccc1O.Cl. The fourth-order valence-electron chi connectivity index (χ4n) is 6.88. The van der Waals surface area contributed by atoms with Gasteiger partial charge in [-0.1, -0.05) is 18.2 Å². The molecule has 0 bridgehead atoms. The molecule has 3 aromatic carbocycles. The van der Waals surface area contributed by atoms with Crippen LogP contribution in [0.25, 0.3) is 6.08 Å². The monoisotopic (exact) mass is 755 g/mol. The number of phenols is 3. The zero-order valence-electron chi connectivity index (χ0n) is 28.7. The van der Waals surface area contributed by atoms with Crippen LogP contribution in [-0.2, 0) is 30.2 Å². The third-order valence-electron chi connectivity index (χ3n) is 9.62. The zero-order valence-corrected chi connectivity index (χ0v) is 29.5. The first-order valence-electron chi connectivity index (χ1n) is 16.3. The number of hydrogen-bond acceptors (Lipinski definition) is 15. The molecule has 1 heterocycles. The van der Waals surface area contributed by atoms with E-state index in [0.717, 1.165) is 6.08 Å². The topological polar surface area (TPSA) is 242 Å². The second-order valence-electron chi connectivity index (χ2n) is 12.9. The van der Waals surface area contributed by atoms with Crippen molar-refractivity contribution in [1.29, 1.82) is 0 Å². The van der Waals surface area contributed by atoms with Gasteiger partial charge in [-0.3, -0.25) is 14.4 Å². The van der Waals surface area contributed by atoms with Crippen molar-refractivity contribution in [2.75, 3.05) is 20.8 Å². The van der Waals surface area contributed by atoms with E-state index in [2.05, 4.69) is 0 Å². The van der Waals surface area contributed by atoms with E-state index < -0.39 is 102 Å². The second-order valence-corrected chi connectivity index (χ2v) is 12.9. The van der Waals surface area contributed by atoms with Crippen LogP contribution in [0.5, 0.6) is 28.7 Å². The number of Topliss-reactive ketones (excluding diaryl/α,β-unsaturated/α-hetero) is 1. The summed E-state index contributed by atoms with van der Waals surface area (Å²) in [7, 11) is 2.67. The van der Waals surface area contributed by atoms with Gasteiger partial charge in [0, 0.05) is 48.1 Å². The van der Waals surface area contributed by atoms with Crippen molar-refractivity contribution < 1.29 is 68.4 Å². The number of fused-ring (bicyclic) bond motifs is 3. The third-order valence-corrected chi connectivity index (χ3v) is 9.62. The molecule has 6 rings (SSSR count). The van der Waals surface area contributed by atoms with Crippen molar-refractivity contribution in [3.8, 4) is 28.7 Å². The Kier molecular flexibility index (Phi) is 11.2. The Morgan fingerprint density at radius 3 is 2.38 bits per heavy atom. The number of carbonyl (C=O) groups is 4. The first kappa shape index (κ1) is 39.2. The lowest BCUT2D eigenvalue weighted by Gasteiger charge is -2.42. The minimum atomic E-state index is -2.39. The average molecular weight is 756 g/mol. The van der Waals surface area contributed by atoms with Crippen LogP contribution in [0.4, 0.5) is 0 Å². The number of aliphatic hydroxyl groups is 2. The Bertz CT molecular complexity index is 2000. The fourth-order valence-corrected chi connectivity index (χ4v) is 6.88. The quantitative estimate of drug-likeness (QED) is 0.0817. The van der Waals surface area contributed by atoms with E-state index in [4.69, 9.17) is 29.4 Å². The maximum atomic E-state index is 13.9. The number of esters is 1. The van der Waals surface area contributed by atoms with Gasteiger partial charge in [-0.05, 0) is 36.8 Å². The summed E-state index contributed by atoms with van der Waals surface area (Å²) in [6.45, 7) is 0.640. The highest BCUT2D eigenvalue weighted by atomic mass is 35.5. The minimum Gasteiger partial charge on any atom is -0.507 e. The average Bonchev–Trinajstić information content (AvgIpc) is 3.12. The highest BCUT2D eigenvalue weighted by Gasteiger charge is 2.50. The largest absolute Gasteiger partial charge is 0.507 e. The van der Waals surface area contributed by atoms with E-state index in [1.807, 2.05) is 0 Å². The summed E-state index contributed by atoms with van der Waals surface area (Å²) in [6.07, 6.45) is -3.30. The molecule has 2 aliphatic carbocycles. The Labute approximate surface area is 308 Å². The molecule has 0 saturated carbocycles. The lowest BCUT2D eigenvalue weighted by molar-refractivity contribution is -0.247. The molecule has 282 valence electrons. The van der Waals surface area contributed by atoms with Crippen molar-refractivity contribution in [3.05, 3.63) is 81.4 Å². The smallest absolute Gasteiger partial charge is 0.331 e. The van der Waals surface area contributed by atoms with Gasteiger partial charge in [0.2, 0.25) is 11.6 Å². The van der Waals surface area contributed by atoms with Gasteiger partial charge >= 0.3 is 5.97 Å². The number of hydrogen-bond donors (Lipinski definition) is 6. The van der Waals surface area contributed by atoms with Crippen molar-refractivity contribution in [1.82, 2.24) is 0 Å². The van der Waals surface area contributed by atoms with Crippen molar-refractivity contribution in [3.63, 3.8) is 0 Å². The third kappa shape index (κ3) is 7.06. The highest BCUT2D eigenvalue weighted by molar-refractivity contribution is 6.31. The number of methoxy groups -OCH3 is 2. The van der Waals surface area contributed by atoms with E-state index in [1.165, 1.54) is 56.7 Å². The normalized spacial score (nSPS) is 24.8. The molecule has 0 radical (unpaired) electrons. The summed E-state index contributed by atoms with van der Waals surface area (Å²) in [5.41, 5.74) is 2.48. The standard InChI is InChI=1S/C37H37NO14.ClH/c1-16-32(42)20(38)12-27(51-16)52-24-14-37(47,25(40)15-50-26(41)10-8-17-7-9-21(39)23(11-17)49-3)13-19-29(24)36(46)31-30(34(19)44)33(43)18-5-4-6-22(48-2)28(18)35(31)45;/h4-11,16,20,24,27,32,39,42,44,46-47H,12-15,38H2,1-3H3;1H/b10-8+;/t16-,20-,24?,27-,32+,37-;/m0./s1. The first-order valence-corrected chi connectivity index (χ1v) is 16.3. The number of halogens is 1. The van der Waals surface area contributed by atoms with Crippen LogP contribution in [-0.4, -0.2) is 99.8 Å². The number of aromatic hydroxyl groups is 3. The van der Waals surface area contributed by atoms with E-state index >= 15 is 0 Å². The molecule has 1 saturated heterocycles. The molecule has 1 aliphatic heterocycles. The number of rotatable bonds is 9. The Morgan fingerprint density at radius 1 is 1.00 bits per heavy atom.